The average molecular weight is 386 g/mol. The fourth-order valence-electron chi connectivity index (χ4n) is 3.33. The van der Waals surface area contributed by atoms with Crippen molar-refractivity contribution in [3.05, 3.63) is 89.0 Å². The first kappa shape index (κ1) is 18.4. The number of rotatable bonds is 4. The van der Waals surface area contributed by atoms with Crippen LogP contribution in [0, 0.1) is 0 Å². The molecule has 0 saturated heterocycles. The number of carbonyl (C=O) groups excluding carboxylic acids is 3. The van der Waals surface area contributed by atoms with Gasteiger partial charge in [-0.1, -0.05) is 42.5 Å². The molecule has 2 amide bonds. The standard InChI is InChI=1S/C23H18N2O4/c1-29-23(28)25-16-9-6-14(7-10-16)13-24-22(27)15-8-11-18-17-4-2-3-5-19(17)21(26)20(18)12-15/h2-12H,13H2,1H3,(H,24,27)(H,25,28). The van der Waals surface area contributed by atoms with E-state index in [1.807, 2.05) is 24.3 Å². The molecule has 144 valence electrons. The summed E-state index contributed by atoms with van der Waals surface area (Å²) in [5.74, 6) is -0.313. The van der Waals surface area contributed by atoms with Gasteiger partial charge in [0.15, 0.2) is 5.78 Å². The van der Waals surface area contributed by atoms with Gasteiger partial charge in [0.25, 0.3) is 5.91 Å². The molecule has 29 heavy (non-hydrogen) atoms. The number of hydrogen-bond acceptors (Lipinski definition) is 4. The number of ketones is 1. The van der Waals surface area contributed by atoms with Gasteiger partial charge in [0.05, 0.1) is 7.11 Å². The third kappa shape index (κ3) is 3.60. The first-order chi connectivity index (χ1) is 14.1. The van der Waals surface area contributed by atoms with Crippen LogP contribution >= 0.6 is 0 Å². The van der Waals surface area contributed by atoms with Crippen LogP contribution in [0.3, 0.4) is 0 Å². The van der Waals surface area contributed by atoms with E-state index >= 15 is 0 Å². The van der Waals surface area contributed by atoms with Crippen molar-refractivity contribution in [1.29, 1.82) is 0 Å². The second kappa shape index (κ2) is 7.59. The van der Waals surface area contributed by atoms with Crippen molar-refractivity contribution in [3.8, 4) is 11.1 Å². The summed E-state index contributed by atoms with van der Waals surface area (Å²) in [6.07, 6.45) is -0.542. The number of ether oxygens (including phenoxy) is 1. The first-order valence-corrected chi connectivity index (χ1v) is 9.07. The summed E-state index contributed by atoms with van der Waals surface area (Å²) in [5, 5.41) is 5.42. The molecule has 0 saturated carbocycles. The van der Waals surface area contributed by atoms with Crippen LogP contribution < -0.4 is 10.6 Å². The maximum absolute atomic E-state index is 12.6. The van der Waals surface area contributed by atoms with Crippen LogP contribution in [-0.4, -0.2) is 24.9 Å². The highest BCUT2D eigenvalue weighted by Gasteiger charge is 2.26. The highest BCUT2D eigenvalue weighted by Crippen LogP contribution is 2.36. The molecule has 1 aliphatic rings. The predicted octanol–water partition coefficient (Wildman–Crippen LogP) is 4.01. The van der Waals surface area contributed by atoms with Gasteiger partial charge in [-0.2, -0.15) is 0 Å². The van der Waals surface area contributed by atoms with Crippen molar-refractivity contribution in [2.24, 2.45) is 0 Å². The summed E-state index contributed by atoms with van der Waals surface area (Å²) < 4.78 is 4.54. The van der Waals surface area contributed by atoms with Crippen molar-refractivity contribution in [2.45, 2.75) is 6.54 Å². The number of amides is 2. The maximum atomic E-state index is 12.6. The minimum Gasteiger partial charge on any atom is -0.453 e. The van der Waals surface area contributed by atoms with E-state index in [0.717, 1.165) is 16.7 Å². The third-order valence-electron chi connectivity index (χ3n) is 4.83. The van der Waals surface area contributed by atoms with E-state index in [1.54, 1.807) is 42.5 Å². The van der Waals surface area contributed by atoms with Crippen molar-refractivity contribution < 1.29 is 19.1 Å². The zero-order valence-electron chi connectivity index (χ0n) is 15.7. The number of methoxy groups -OCH3 is 1. The molecule has 2 N–H and O–H groups in total. The molecule has 0 aliphatic heterocycles. The minimum absolute atomic E-state index is 0.0565. The summed E-state index contributed by atoms with van der Waals surface area (Å²) in [4.78, 5) is 36.4. The van der Waals surface area contributed by atoms with E-state index in [4.69, 9.17) is 0 Å². The lowest BCUT2D eigenvalue weighted by Gasteiger charge is -2.08. The van der Waals surface area contributed by atoms with Crippen molar-refractivity contribution in [3.63, 3.8) is 0 Å². The Hall–Kier alpha value is -3.93. The first-order valence-electron chi connectivity index (χ1n) is 9.07. The van der Waals surface area contributed by atoms with Crippen LogP contribution in [0.5, 0.6) is 0 Å². The molecular formula is C23H18N2O4. The van der Waals surface area contributed by atoms with Crippen LogP contribution in [0.25, 0.3) is 11.1 Å². The molecule has 0 atom stereocenters. The Balaban J connectivity index is 1.44. The average Bonchev–Trinajstić information content (AvgIpc) is 3.05. The van der Waals surface area contributed by atoms with E-state index < -0.39 is 6.09 Å². The Morgan fingerprint density at radius 3 is 2.28 bits per heavy atom. The van der Waals surface area contributed by atoms with E-state index in [-0.39, 0.29) is 11.7 Å². The fraction of sp³-hybridized carbons (Fsp3) is 0.0870. The monoisotopic (exact) mass is 386 g/mol. The molecule has 3 aromatic carbocycles. The third-order valence-corrected chi connectivity index (χ3v) is 4.83. The molecule has 4 rings (SSSR count). The zero-order chi connectivity index (χ0) is 20.4. The van der Waals surface area contributed by atoms with Gasteiger partial charge in [0, 0.05) is 28.9 Å². The Morgan fingerprint density at radius 1 is 0.862 bits per heavy atom. The number of fused-ring (bicyclic) bond motifs is 3. The number of carbonyl (C=O) groups is 3. The summed E-state index contributed by atoms with van der Waals surface area (Å²) in [6, 6.07) is 19.7. The molecule has 0 spiro atoms. The van der Waals surface area contributed by atoms with E-state index in [1.165, 1.54) is 7.11 Å². The van der Waals surface area contributed by atoms with E-state index in [0.29, 0.717) is 28.9 Å². The Bertz CT molecular complexity index is 1120. The molecule has 6 heteroatoms. The van der Waals surface area contributed by atoms with Crippen molar-refractivity contribution in [2.75, 3.05) is 12.4 Å². The highest BCUT2D eigenvalue weighted by molar-refractivity contribution is 6.22. The fourth-order valence-corrected chi connectivity index (χ4v) is 3.33. The van der Waals surface area contributed by atoms with E-state index in [9.17, 15) is 14.4 Å². The topological polar surface area (TPSA) is 84.5 Å². The zero-order valence-corrected chi connectivity index (χ0v) is 15.7. The quantitative estimate of drug-likeness (QED) is 0.555. The van der Waals surface area contributed by atoms with Gasteiger partial charge >= 0.3 is 6.09 Å². The molecule has 0 unspecified atom stereocenters. The SMILES string of the molecule is COC(=O)Nc1ccc(CNC(=O)c2ccc3c(c2)C(=O)c2ccccc2-3)cc1. The van der Waals surface area contributed by atoms with Gasteiger partial charge in [0.2, 0.25) is 0 Å². The molecule has 0 fully saturated rings. The summed E-state index contributed by atoms with van der Waals surface area (Å²) in [6.45, 7) is 0.322. The maximum Gasteiger partial charge on any atom is 0.411 e. The number of nitrogens with one attached hydrogen (secondary N) is 2. The number of hydrogen-bond donors (Lipinski definition) is 2. The lowest BCUT2D eigenvalue weighted by Crippen LogP contribution is -2.23. The predicted molar refractivity (Wildman–Crippen MR) is 109 cm³/mol. The Morgan fingerprint density at radius 2 is 1.55 bits per heavy atom. The molecule has 0 aromatic heterocycles. The second-order valence-electron chi connectivity index (χ2n) is 6.63. The molecular weight excluding hydrogens is 368 g/mol. The lowest BCUT2D eigenvalue weighted by atomic mass is 10.0. The smallest absolute Gasteiger partial charge is 0.411 e. The van der Waals surface area contributed by atoms with Gasteiger partial charge in [-0.05, 0) is 41.0 Å². The van der Waals surface area contributed by atoms with Gasteiger partial charge in [0.1, 0.15) is 0 Å². The number of anilines is 1. The Kier molecular flexibility index (Phi) is 4.83. The van der Waals surface area contributed by atoms with Crippen LogP contribution in [0.4, 0.5) is 10.5 Å². The van der Waals surface area contributed by atoms with Crippen LogP contribution in [0.1, 0.15) is 31.8 Å². The number of benzene rings is 3. The van der Waals surface area contributed by atoms with Crippen LogP contribution in [0.2, 0.25) is 0 Å². The summed E-state index contributed by atoms with van der Waals surface area (Å²) in [7, 11) is 1.30. The highest BCUT2D eigenvalue weighted by atomic mass is 16.5. The molecule has 0 bridgehead atoms. The van der Waals surface area contributed by atoms with Crippen molar-refractivity contribution >= 4 is 23.5 Å². The molecule has 0 radical (unpaired) electrons. The van der Waals surface area contributed by atoms with Gasteiger partial charge in [-0.25, -0.2) is 4.79 Å². The van der Waals surface area contributed by atoms with Crippen LogP contribution in [-0.2, 0) is 11.3 Å². The second-order valence-corrected chi connectivity index (χ2v) is 6.63. The largest absolute Gasteiger partial charge is 0.453 e. The van der Waals surface area contributed by atoms with Gasteiger partial charge in [-0.3, -0.25) is 14.9 Å². The van der Waals surface area contributed by atoms with Crippen LogP contribution in [0.15, 0.2) is 66.7 Å². The lowest BCUT2D eigenvalue weighted by molar-refractivity contribution is 0.0951. The molecule has 3 aromatic rings. The summed E-state index contributed by atoms with van der Waals surface area (Å²) >= 11 is 0. The normalized spacial score (nSPS) is 11.4. The van der Waals surface area contributed by atoms with E-state index in [2.05, 4.69) is 15.4 Å². The molecule has 6 nitrogen and oxygen atoms in total. The van der Waals surface area contributed by atoms with Gasteiger partial charge < -0.3 is 10.1 Å². The minimum atomic E-state index is -0.542. The molecule has 1 aliphatic carbocycles. The van der Waals surface area contributed by atoms with Crippen molar-refractivity contribution in [1.82, 2.24) is 5.32 Å². The molecule has 0 heterocycles. The van der Waals surface area contributed by atoms with Gasteiger partial charge in [-0.15, -0.1) is 0 Å². The summed E-state index contributed by atoms with van der Waals surface area (Å²) in [5.41, 5.74) is 4.89. The Labute approximate surface area is 167 Å².